The molecule has 1 heterocycles. The topological polar surface area (TPSA) is 20.3 Å². The van der Waals surface area contributed by atoms with Gasteiger partial charge in [-0.15, -0.1) is 0 Å². The van der Waals surface area contributed by atoms with Crippen LogP contribution in [0.1, 0.15) is 46.0 Å². The maximum atomic E-state index is 11.9. The van der Waals surface area contributed by atoms with Gasteiger partial charge in [-0.05, 0) is 30.4 Å². The Morgan fingerprint density at radius 1 is 1.50 bits per heavy atom. The molecular formula is C13H25NOS. The lowest BCUT2D eigenvalue weighted by Gasteiger charge is -2.23. The van der Waals surface area contributed by atoms with Gasteiger partial charge in [0.2, 0.25) is 5.91 Å². The molecule has 1 amide bonds. The monoisotopic (exact) mass is 243 g/mol. The van der Waals surface area contributed by atoms with Gasteiger partial charge in [0, 0.05) is 19.5 Å². The molecule has 1 saturated heterocycles. The zero-order valence-electron chi connectivity index (χ0n) is 10.6. The average Bonchev–Trinajstić information content (AvgIpc) is 2.44. The zero-order chi connectivity index (χ0) is 12.0. The number of amides is 1. The second-order valence-corrected chi connectivity index (χ2v) is 5.47. The Kier molecular flexibility index (Phi) is 6.25. The van der Waals surface area contributed by atoms with Crippen LogP contribution in [0.2, 0.25) is 0 Å². The molecule has 94 valence electrons. The first-order chi connectivity index (χ1) is 7.67. The molecule has 0 N–H and O–H groups in total. The van der Waals surface area contributed by atoms with Crippen LogP contribution in [0, 0.1) is 11.8 Å². The lowest BCUT2D eigenvalue weighted by molar-refractivity contribution is -0.131. The molecule has 2 nitrogen and oxygen atoms in total. The zero-order valence-corrected chi connectivity index (χ0v) is 11.5. The summed E-state index contributed by atoms with van der Waals surface area (Å²) in [5.74, 6) is 2.50. The molecule has 0 radical (unpaired) electrons. The second-order valence-electron chi connectivity index (χ2n) is 5.11. The number of carbonyl (C=O) groups is 1. The Morgan fingerprint density at radius 2 is 2.25 bits per heavy atom. The van der Waals surface area contributed by atoms with Crippen LogP contribution in [0.25, 0.3) is 0 Å². The minimum atomic E-state index is 0.354. The smallest absolute Gasteiger partial charge is 0.222 e. The molecule has 1 rings (SSSR count). The highest BCUT2D eigenvalue weighted by Gasteiger charge is 2.22. The minimum absolute atomic E-state index is 0.354. The third kappa shape index (κ3) is 4.36. The molecule has 1 aliphatic rings. The molecule has 3 heteroatoms. The number of thiol groups is 1. The van der Waals surface area contributed by atoms with Crippen LogP contribution in [0.3, 0.4) is 0 Å². The molecule has 0 aromatic rings. The van der Waals surface area contributed by atoms with E-state index < -0.39 is 0 Å². The minimum Gasteiger partial charge on any atom is -0.342 e. The normalized spacial score (nSPS) is 24.3. The van der Waals surface area contributed by atoms with Gasteiger partial charge in [0.1, 0.15) is 0 Å². The van der Waals surface area contributed by atoms with Crippen LogP contribution in [0.4, 0.5) is 0 Å². The first kappa shape index (κ1) is 13.9. The van der Waals surface area contributed by atoms with Crippen LogP contribution in [0.15, 0.2) is 0 Å². The van der Waals surface area contributed by atoms with Crippen molar-refractivity contribution >= 4 is 18.5 Å². The van der Waals surface area contributed by atoms with E-state index in [0.717, 1.165) is 37.6 Å². The number of rotatable bonds is 5. The summed E-state index contributed by atoms with van der Waals surface area (Å²) in [7, 11) is 0. The molecule has 0 aromatic carbocycles. The summed E-state index contributed by atoms with van der Waals surface area (Å²) < 4.78 is 0. The molecule has 0 spiro atoms. The van der Waals surface area contributed by atoms with Gasteiger partial charge in [-0.1, -0.05) is 26.7 Å². The van der Waals surface area contributed by atoms with E-state index >= 15 is 0 Å². The molecule has 2 unspecified atom stereocenters. The van der Waals surface area contributed by atoms with Crippen molar-refractivity contribution in [3.05, 3.63) is 0 Å². The number of likely N-dealkylation sites (tertiary alicyclic amines) is 1. The van der Waals surface area contributed by atoms with Crippen LogP contribution < -0.4 is 0 Å². The van der Waals surface area contributed by atoms with E-state index in [1.165, 1.54) is 19.3 Å². The maximum Gasteiger partial charge on any atom is 0.222 e. The van der Waals surface area contributed by atoms with E-state index in [-0.39, 0.29) is 0 Å². The number of hydrogen-bond donors (Lipinski definition) is 1. The summed E-state index contributed by atoms with van der Waals surface area (Å²) >= 11 is 4.28. The van der Waals surface area contributed by atoms with Crippen molar-refractivity contribution < 1.29 is 4.79 Å². The first-order valence-electron chi connectivity index (χ1n) is 6.56. The number of nitrogens with zero attached hydrogens (tertiary/aromatic N) is 1. The standard InChI is InChI=1S/C13H25NOS/c1-3-4-12-5-6-13(15)14(8-7-12)9-11(2)10-16/h11-12,16H,3-10H2,1-2H3. The Morgan fingerprint density at radius 3 is 2.88 bits per heavy atom. The summed E-state index contributed by atoms with van der Waals surface area (Å²) in [6.45, 7) is 6.24. The van der Waals surface area contributed by atoms with Gasteiger partial charge in [-0.3, -0.25) is 4.79 Å². The van der Waals surface area contributed by atoms with Crippen LogP contribution in [-0.2, 0) is 4.79 Å². The highest BCUT2D eigenvalue weighted by atomic mass is 32.1. The third-order valence-corrected chi connectivity index (χ3v) is 4.09. The van der Waals surface area contributed by atoms with Crippen molar-refractivity contribution in [3.63, 3.8) is 0 Å². The third-order valence-electron chi connectivity index (χ3n) is 3.47. The predicted molar refractivity (Wildman–Crippen MR) is 71.8 cm³/mol. The second kappa shape index (κ2) is 7.21. The fraction of sp³-hybridized carbons (Fsp3) is 0.923. The lowest BCUT2D eigenvalue weighted by atomic mass is 9.96. The summed E-state index contributed by atoms with van der Waals surface area (Å²) in [6, 6.07) is 0. The molecule has 0 aliphatic carbocycles. The molecule has 0 aromatic heterocycles. The van der Waals surface area contributed by atoms with E-state index in [2.05, 4.69) is 31.4 Å². The van der Waals surface area contributed by atoms with Crippen molar-refractivity contribution in [1.82, 2.24) is 4.90 Å². The predicted octanol–water partition coefficient (Wildman–Crippen LogP) is 2.98. The summed E-state index contributed by atoms with van der Waals surface area (Å²) in [5, 5.41) is 0. The van der Waals surface area contributed by atoms with E-state index in [0.29, 0.717) is 11.8 Å². The van der Waals surface area contributed by atoms with Crippen molar-refractivity contribution in [3.8, 4) is 0 Å². The Bertz CT molecular complexity index is 220. The van der Waals surface area contributed by atoms with Gasteiger partial charge < -0.3 is 4.90 Å². The van der Waals surface area contributed by atoms with E-state index in [4.69, 9.17) is 0 Å². The molecule has 1 fully saturated rings. The van der Waals surface area contributed by atoms with Crippen molar-refractivity contribution in [2.75, 3.05) is 18.8 Å². The average molecular weight is 243 g/mol. The van der Waals surface area contributed by atoms with E-state index in [9.17, 15) is 4.79 Å². The van der Waals surface area contributed by atoms with Crippen molar-refractivity contribution in [1.29, 1.82) is 0 Å². The van der Waals surface area contributed by atoms with Crippen LogP contribution >= 0.6 is 12.6 Å². The number of carbonyl (C=O) groups excluding carboxylic acids is 1. The Labute approximate surface area is 105 Å². The fourth-order valence-electron chi connectivity index (χ4n) is 2.42. The Hall–Kier alpha value is -0.180. The quantitative estimate of drug-likeness (QED) is 0.736. The first-order valence-corrected chi connectivity index (χ1v) is 7.19. The van der Waals surface area contributed by atoms with Gasteiger partial charge in [0.25, 0.3) is 0 Å². The molecule has 16 heavy (non-hydrogen) atoms. The van der Waals surface area contributed by atoms with E-state index in [1.807, 2.05) is 0 Å². The fourth-order valence-corrected chi connectivity index (χ4v) is 2.53. The van der Waals surface area contributed by atoms with Crippen molar-refractivity contribution in [2.24, 2.45) is 11.8 Å². The molecule has 0 bridgehead atoms. The van der Waals surface area contributed by atoms with E-state index in [1.54, 1.807) is 0 Å². The Balaban J connectivity index is 2.44. The maximum absolute atomic E-state index is 11.9. The largest absolute Gasteiger partial charge is 0.342 e. The van der Waals surface area contributed by atoms with Gasteiger partial charge in [0.05, 0.1) is 0 Å². The highest BCUT2D eigenvalue weighted by Crippen LogP contribution is 2.23. The van der Waals surface area contributed by atoms with Crippen molar-refractivity contribution in [2.45, 2.75) is 46.0 Å². The molecular weight excluding hydrogens is 218 g/mol. The van der Waals surface area contributed by atoms with Crippen LogP contribution in [-0.4, -0.2) is 29.6 Å². The molecule has 1 aliphatic heterocycles. The van der Waals surface area contributed by atoms with Gasteiger partial charge in [-0.25, -0.2) is 0 Å². The SMILES string of the molecule is CCCC1CCC(=O)N(CC(C)CS)CC1. The van der Waals surface area contributed by atoms with Gasteiger partial charge in [-0.2, -0.15) is 12.6 Å². The summed E-state index contributed by atoms with van der Waals surface area (Å²) in [4.78, 5) is 14.0. The van der Waals surface area contributed by atoms with Crippen LogP contribution in [0.5, 0.6) is 0 Å². The summed E-state index contributed by atoms with van der Waals surface area (Å²) in [6.07, 6.45) is 5.57. The summed E-state index contributed by atoms with van der Waals surface area (Å²) in [5.41, 5.74) is 0. The van der Waals surface area contributed by atoms with Gasteiger partial charge in [0.15, 0.2) is 0 Å². The van der Waals surface area contributed by atoms with Gasteiger partial charge >= 0.3 is 0 Å². The highest BCUT2D eigenvalue weighted by molar-refractivity contribution is 7.80. The number of hydrogen-bond acceptors (Lipinski definition) is 2. The molecule has 0 saturated carbocycles. The molecule has 2 atom stereocenters. The lowest BCUT2D eigenvalue weighted by Crippen LogP contribution is -2.34.